The van der Waals surface area contributed by atoms with Crippen molar-refractivity contribution in [1.29, 1.82) is 0 Å². The lowest BCUT2D eigenvalue weighted by atomic mass is 10.2. The lowest BCUT2D eigenvalue weighted by molar-refractivity contribution is -0.141. The quantitative estimate of drug-likeness (QED) is 0.848. The van der Waals surface area contributed by atoms with Crippen LogP contribution in [0.5, 0.6) is 5.88 Å². The second-order valence-electron chi connectivity index (χ2n) is 6.25. The largest absolute Gasteiger partial charge is 0.481 e. The summed E-state index contributed by atoms with van der Waals surface area (Å²) in [5.41, 5.74) is -1.13. The first kappa shape index (κ1) is 19.7. The number of aromatic nitrogens is 4. The predicted molar refractivity (Wildman–Crippen MR) is 94.3 cm³/mol. The predicted octanol–water partition coefficient (Wildman–Crippen LogP) is 1.90. The van der Waals surface area contributed by atoms with Gasteiger partial charge in [-0.3, -0.25) is 10.00 Å². The number of methoxy groups -OCH3 is 1. The van der Waals surface area contributed by atoms with E-state index in [1.807, 2.05) is 4.90 Å². The molecular formula is C16H20F3N7O2. The molecule has 2 aromatic rings. The second kappa shape index (κ2) is 7.52. The first-order chi connectivity index (χ1) is 13.2. The SMILES string of the molecule is COc1ccnc(N2CCN(C(=O)Nc3c(C)c(C(F)(F)F)nn3C)CC2)n1. The van der Waals surface area contributed by atoms with Crippen molar-refractivity contribution in [3.63, 3.8) is 0 Å². The second-order valence-corrected chi connectivity index (χ2v) is 6.25. The third-order valence-corrected chi connectivity index (χ3v) is 4.45. The number of nitrogens with one attached hydrogen (secondary N) is 1. The van der Waals surface area contributed by atoms with E-state index in [1.54, 1.807) is 12.3 Å². The van der Waals surface area contributed by atoms with Crippen molar-refractivity contribution in [2.75, 3.05) is 43.5 Å². The number of hydrogen-bond acceptors (Lipinski definition) is 6. The average molecular weight is 399 g/mol. The normalized spacial score (nSPS) is 14.9. The number of hydrogen-bond donors (Lipinski definition) is 1. The number of carbonyl (C=O) groups is 1. The summed E-state index contributed by atoms with van der Waals surface area (Å²) in [6.45, 7) is 2.99. The number of alkyl halides is 3. The van der Waals surface area contributed by atoms with Crippen LogP contribution in [-0.2, 0) is 13.2 Å². The number of aryl methyl sites for hydroxylation is 1. The highest BCUT2D eigenvalue weighted by molar-refractivity contribution is 5.89. The molecule has 152 valence electrons. The van der Waals surface area contributed by atoms with Crippen LogP contribution in [0.1, 0.15) is 11.3 Å². The summed E-state index contributed by atoms with van der Waals surface area (Å²) in [5.74, 6) is 0.963. The van der Waals surface area contributed by atoms with Crippen LogP contribution >= 0.6 is 0 Å². The highest BCUT2D eigenvalue weighted by Crippen LogP contribution is 2.33. The molecule has 0 aliphatic carbocycles. The van der Waals surface area contributed by atoms with Crippen LogP contribution in [-0.4, -0.2) is 64.0 Å². The van der Waals surface area contributed by atoms with Gasteiger partial charge in [0.25, 0.3) is 0 Å². The molecule has 1 saturated heterocycles. The Morgan fingerprint density at radius 3 is 2.50 bits per heavy atom. The molecule has 0 radical (unpaired) electrons. The Bertz CT molecular complexity index is 860. The molecule has 12 heteroatoms. The Kier molecular flexibility index (Phi) is 5.29. The molecule has 0 saturated carbocycles. The maximum Gasteiger partial charge on any atom is 0.435 e. The summed E-state index contributed by atoms with van der Waals surface area (Å²) in [5, 5.41) is 6.00. The number of carbonyl (C=O) groups excluding carboxylic acids is 1. The molecule has 0 bridgehead atoms. The van der Waals surface area contributed by atoms with Crippen LogP contribution in [0.4, 0.5) is 29.7 Å². The monoisotopic (exact) mass is 399 g/mol. The molecule has 0 spiro atoms. The number of ether oxygens (including phenoxy) is 1. The number of rotatable bonds is 3. The molecular weight excluding hydrogens is 379 g/mol. The summed E-state index contributed by atoms with van der Waals surface area (Å²) in [6.07, 6.45) is -2.99. The zero-order valence-electron chi connectivity index (χ0n) is 15.6. The highest BCUT2D eigenvalue weighted by Gasteiger charge is 2.38. The van der Waals surface area contributed by atoms with Crippen LogP contribution in [0.3, 0.4) is 0 Å². The van der Waals surface area contributed by atoms with Gasteiger partial charge in [0.2, 0.25) is 11.8 Å². The van der Waals surface area contributed by atoms with Gasteiger partial charge in [-0.25, -0.2) is 9.78 Å². The van der Waals surface area contributed by atoms with Crippen molar-refractivity contribution >= 4 is 17.8 Å². The molecule has 1 aliphatic heterocycles. The minimum atomic E-state index is -4.58. The summed E-state index contributed by atoms with van der Waals surface area (Å²) in [6, 6.07) is 1.16. The fourth-order valence-corrected chi connectivity index (χ4v) is 2.96. The van der Waals surface area contributed by atoms with Crippen molar-refractivity contribution in [2.45, 2.75) is 13.1 Å². The van der Waals surface area contributed by atoms with Crippen molar-refractivity contribution in [1.82, 2.24) is 24.6 Å². The van der Waals surface area contributed by atoms with Crippen LogP contribution in [0, 0.1) is 6.92 Å². The molecule has 1 fully saturated rings. The van der Waals surface area contributed by atoms with E-state index in [0.29, 0.717) is 38.0 Å². The Morgan fingerprint density at radius 1 is 1.25 bits per heavy atom. The van der Waals surface area contributed by atoms with Crippen LogP contribution in [0.25, 0.3) is 0 Å². The zero-order chi connectivity index (χ0) is 20.5. The van der Waals surface area contributed by atoms with Crippen molar-refractivity contribution in [3.05, 3.63) is 23.5 Å². The third kappa shape index (κ3) is 3.94. The van der Waals surface area contributed by atoms with E-state index in [0.717, 1.165) is 4.68 Å². The molecule has 0 unspecified atom stereocenters. The van der Waals surface area contributed by atoms with Crippen molar-refractivity contribution in [3.8, 4) is 5.88 Å². The van der Waals surface area contributed by atoms with E-state index in [-0.39, 0.29) is 11.4 Å². The maximum absolute atomic E-state index is 13.0. The van der Waals surface area contributed by atoms with E-state index >= 15 is 0 Å². The van der Waals surface area contributed by atoms with Gasteiger partial charge in [-0.15, -0.1) is 0 Å². The number of anilines is 2. The Hall–Kier alpha value is -3.05. The van der Waals surface area contributed by atoms with Gasteiger partial charge in [0, 0.05) is 51.1 Å². The molecule has 28 heavy (non-hydrogen) atoms. The summed E-state index contributed by atoms with van der Waals surface area (Å²) in [4.78, 5) is 24.4. The van der Waals surface area contributed by atoms with Gasteiger partial charge < -0.3 is 14.5 Å². The topological polar surface area (TPSA) is 88.4 Å². The van der Waals surface area contributed by atoms with Crippen molar-refractivity contribution in [2.24, 2.45) is 7.05 Å². The first-order valence-corrected chi connectivity index (χ1v) is 8.49. The number of amides is 2. The van der Waals surface area contributed by atoms with E-state index < -0.39 is 17.9 Å². The van der Waals surface area contributed by atoms with E-state index in [2.05, 4.69) is 20.4 Å². The van der Waals surface area contributed by atoms with E-state index in [9.17, 15) is 18.0 Å². The molecule has 0 aromatic carbocycles. The standard InChI is InChI=1S/C16H20F3N7O2/c1-10-12(16(17,18)19)23-24(2)13(10)22-15(27)26-8-6-25(7-9-26)14-20-5-4-11(21-14)28-3/h4-5H,6-9H2,1-3H3,(H,22,27). The Labute approximate surface area is 159 Å². The molecule has 3 rings (SSSR count). The minimum Gasteiger partial charge on any atom is -0.481 e. The molecule has 1 aliphatic rings. The molecule has 0 atom stereocenters. The van der Waals surface area contributed by atoms with Gasteiger partial charge in [-0.2, -0.15) is 23.3 Å². The maximum atomic E-state index is 13.0. The number of halogens is 3. The lowest BCUT2D eigenvalue weighted by Gasteiger charge is -2.34. The number of nitrogens with zero attached hydrogens (tertiary/aromatic N) is 6. The molecule has 1 N–H and O–H groups in total. The van der Waals surface area contributed by atoms with Crippen LogP contribution in [0.2, 0.25) is 0 Å². The van der Waals surface area contributed by atoms with Gasteiger partial charge in [-0.05, 0) is 6.92 Å². The summed E-state index contributed by atoms with van der Waals surface area (Å²) < 4.78 is 45.0. The van der Waals surface area contributed by atoms with Gasteiger partial charge in [-0.1, -0.05) is 0 Å². The molecule has 2 aromatic heterocycles. The van der Waals surface area contributed by atoms with Gasteiger partial charge in [0.15, 0.2) is 5.69 Å². The third-order valence-electron chi connectivity index (χ3n) is 4.45. The zero-order valence-corrected chi connectivity index (χ0v) is 15.6. The molecule has 2 amide bonds. The fraction of sp³-hybridized carbons (Fsp3) is 0.500. The van der Waals surface area contributed by atoms with E-state index in [4.69, 9.17) is 4.74 Å². The van der Waals surface area contributed by atoms with Crippen molar-refractivity contribution < 1.29 is 22.7 Å². The average Bonchev–Trinajstić information content (AvgIpc) is 2.96. The summed E-state index contributed by atoms with van der Waals surface area (Å²) in [7, 11) is 2.87. The van der Waals surface area contributed by atoms with Gasteiger partial charge in [0.1, 0.15) is 5.82 Å². The molecule has 3 heterocycles. The molecule has 9 nitrogen and oxygen atoms in total. The van der Waals surface area contributed by atoms with Gasteiger partial charge >= 0.3 is 12.2 Å². The smallest absolute Gasteiger partial charge is 0.435 e. The first-order valence-electron chi connectivity index (χ1n) is 8.49. The van der Waals surface area contributed by atoms with Crippen LogP contribution < -0.4 is 15.0 Å². The minimum absolute atomic E-state index is 0.0240. The van der Waals surface area contributed by atoms with Gasteiger partial charge in [0.05, 0.1) is 7.11 Å². The highest BCUT2D eigenvalue weighted by atomic mass is 19.4. The number of piperazine rings is 1. The lowest BCUT2D eigenvalue weighted by Crippen LogP contribution is -2.50. The van der Waals surface area contributed by atoms with Crippen LogP contribution in [0.15, 0.2) is 12.3 Å². The summed E-state index contributed by atoms with van der Waals surface area (Å²) >= 11 is 0. The van der Waals surface area contributed by atoms with E-state index in [1.165, 1.54) is 26.0 Å². The fourth-order valence-electron chi connectivity index (χ4n) is 2.96. The Balaban J connectivity index is 1.64. The Morgan fingerprint density at radius 2 is 1.93 bits per heavy atom. The number of urea groups is 1.